The SMILES string of the molecule is CC(C)(CCCN)COc1cccnc1. The van der Waals surface area contributed by atoms with Gasteiger partial charge in [0, 0.05) is 6.20 Å². The van der Waals surface area contributed by atoms with E-state index in [1.807, 2.05) is 12.1 Å². The summed E-state index contributed by atoms with van der Waals surface area (Å²) in [6.45, 7) is 5.84. The van der Waals surface area contributed by atoms with Gasteiger partial charge in [-0.25, -0.2) is 0 Å². The minimum Gasteiger partial charge on any atom is -0.491 e. The van der Waals surface area contributed by atoms with Crippen LogP contribution in [0.25, 0.3) is 0 Å². The largest absolute Gasteiger partial charge is 0.491 e. The van der Waals surface area contributed by atoms with E-state index in [1.54, 1.807) is 12.4 Å². The van der Waals surface area contributed by atoms with Gasteiger partial charge in [-0.05, 0) is 36.9 Å². The number of nitrogens with two attached hydrogens (primary N) is 1. The molecule has 0 aliphatic carbocycles. The summed E-state index contributed by atoms with van der Waals surface area (Å²) < 4.78 is 5.66. The van der Waals surface area contributed by atoms with E-state index in [0.717, 1.165) is 25.1 Å². The Balaban J connectivity index is 2.35. The van der Waals surface area contributed by atoms with Crippen molar-refractivity contribution in [3.63, 3.8) is 0 Å². The summed E-state index contributed by atoms with van der Waals surface area (Å²) in [4.78, 5) is 4.00. The van der Waals surface area contributed by atoms with E-state index < -0.39 is 0 Å². The van der Waals surface area contributed by atoms with Gasteiger partial charge < -0.3 is 10.5 Å². The van der Waals surface area contributed by atoms with Crippen LogP contribution < -0.4 is 10.5 Å². The second-order valence-corrected chi connectivity index (χ2v) is 4.53. The molecule has 0 fully saturated rings. The van der Waals surface area contributed by atoms with Crippen LogP contribution in [0.5, 0.6) is 5.75 Å². The maximum atomic E-state index is 5.66. The van der Waals surface area contributed by atoms with E-state index in [4.69, 9.17) is 10.5 Å². The highest BCUT2D eigenvalue weighted by atomic mass is 16.5. The fraction of sp³-hybridized carbons (Fsp3) is 0.583. The van der Waals surface area contributed by atoms with Crippen LogP contribution in [0, 0.1) is 5.41 Å². The van der Waals surface area contributed by atoms with Crippen LogP contribution in [0.1, 0.15) is 26.7 Å². The van der Waals surface area contributed by atoms with E-state index >= 15 is 0 Å². The van der Waals surface area contributed by atoms with Crippen LogP contribution in [-0.4, -0.2) is 18.1 Å². The highest BCUT2D eigenvalue weighted by molar-refractivity contribution is 5.15. The molecule has 0 unspecified atom stereocenters. The zero-order valence-corrected chi connectivity index (χ0v) is 9.57. The van der Waals surface area contributed by atoms with E-state index in [-0.39, 0.29) is 5.41 Å². The molecule has 1 rings (SSSR count). The van der Waals surface area contributed by atoms with Gasteiger partial charge in [-0.1, -0.05) is 13.8 Å². The third-order valence-corrected chi connectivity index (χ3v) is 2.32. The van der Waals surface area contributed by atoms with Gasteiger partial charge in [0.2, 0.25) is 0 Å². The van der Waals surface area contributed by atoms with Crippen LogP contribution in [0.2, 0.25) is 0 Å². The summed E-state index contributed by atoms with van der Waals surface area (Å²) in [6, 6.07) is 3.80. The van der Waals surface area contributed by atoms with Gasteiger partial charge in [0.05, 0.1) is 12.8 Å². The topological polar surface area (TPSA) is 48.1 Å². The Morgan fingerprint density at radius 3 is 2.87 bits per heavy atom. The molecule has 0 spiro atoms. The molecular weight excluding hydrogens is 188 g/mol. The Hall–Kier alpha value is -1.09. The van der Waals surface area contributed by atoms with E-state index in [1.165, 1.54) is 0 Å². The summed E-state index contributed by atoms with van der Waals surface area (Å²) in [5, 5.41) is 0. The van der Waals surface area contributed by atoms with E-state index in [2.05, 4.69) is 18.8 Å². The van der Waals surface area contributed by atoms with Crippen molar-refractivity contribution in [3.8, 4) is 5.75 Å². The molecule has 0 aliphatic heterocycles. The molecule has 0 aliphatic rings. The first-order chi connectivity index (χ1) is 7.14. The molecule has 15 heavy (non-hydrogen) atoms. The zero-order valence-electron chi connectivity index (χ0n) is 9.57. The first-order valence-electron chi connectivity index (χ1n) is 5.37. The summed E-state index contributed by atoms with van der Waals surface area (Å²) in [5.74, 6) is 0.832. The van der Waals surface area contributed by atoms with E-state index in [9.17, 15) is 0 Å². The molecule has 2 N–H and O–H groups in total. The minimum absolute atomic E-state index is 0.176. The lowest BCUT2D eigenvalue weighted by Gasteiger charge is -2.24. The normalized spacial score (nSPS) is 11.4. The monoisotopic (exact) mass is 208 g/mol. The van der Waals surface area contributed by atoms with Gasteiger partial charge in [0.15, 0.2) is 0 Å². The summed E-state index contributed by atoms with van der Waals surface area (Å²) >= 11 is 0. The van der Waals surface area contributed by atoms with Crippen molar-refractivity contribution < 1.29 is 4.74 Å². The zero-order chi connectivity index (χ0) is 11.1. The Kier molecular flexibility index (Phi) is 4.56. The second kappa shape index (κ2) is 5.71. The Morgan fingerprint density at radius 1 is 1.47 bits per heavy atom. The molecule has 1 aromatic rings. The van der Waals surface area contributed by atoms with Gasteiger partial charge in [0.25, 0.3) is 0 Å². The molecule has 1 aromatic heterocycles. The average molecular weight is 208 g/mol. The van der Waals surface area contributed by atoms with E-state index in [0.29, 0.717) is 6.61 Å². The minimum atomic E-state index is 0.176. The van der Waals surface area contributed by atoms with Crippen molar-refractivity contribution >= 4 is 0 Å². The molecule has 1 heterocycles. The summed E-state index contributed by atoms with van der Waals surface area (Å²) in [6.07, 6.45) is 5.61. The molecular formula is C12H20N2O. The van der Waals surface area contributed by atoms with Gasteiger partial charge in [-0.2, -0.15) is 0 Å². The first-order valence-corrected chi connectivity index (χ1v) is 5.37. The van der Waals surface area contributed by atoms with Gasteiger partial charge in [-0.3, -0.25) is 4.98 Å². The van der Waals surface area contributed by atoms with Crippen molar-refractivity contribution in [2.24, 2.45) is 11.1 Å². The molecule has 0 aromatic carbocycles. The van der Waals surface area contributed by atoms with Crippen LogP contribution >= 0.6 is 0 Å². The molecule has 0 bridgehead atoms. The lowest BCUT2D eigenvalue weighted by atomic mass is 9.89. The molecule has 84 valence electrons. The molecule has 3 heteroatoms. The van der Waals surface area contributed by atoms with Gasteiger partial charge >= 0.3 is 0 Å². The van der Waals surface area contributed by atoms with Crippen molar-refractivity contribution in [3.05, 3.63) is 24.5 Å². The highest BCUT2D eigenvalue weighted by Crippen LogP contribution is 2.23. The van der Waals surface area contributed by atoms with Crippen LogP contribution in [0.3, 0.4) is 0 Å². The maximum absolute atomic E-state index is 5.66. The Morgan fingerprint density at radius 2 is 2.27 bits per heavy atom. The van der Waals surface area contributed by atoms with Crippen LogP contribution in [0.15, 0.2) is 24.5 Å². The van der Waals surface area contributed by atoms with Crippen molar-refractivity contribution in [1.29, 1.82) is 0 Å². The maximum Gasteiger partial charge on any atom is 0.137 e. The smallest absolute Gasteiger partial charge is 0.137 e. The fourth-order valence-electron chi connectivity index (χ4n) is 1.36. The van der Waals surface area contributed by atoms with Crippen molar-refractivity contribution in [1.82, 2.24) is 4.98 Å². The third kappa shape index (κ3) is 4.79. The number of nitrogens with zero attached hydrogens (tertiary/aromatic N) is 1. The molecule has 0 saturated carbocycles. The predicted molar refractivity (Wildman–Crippen MR) is 61.8 cm³/mol. The van der Waals surface area contributed by atoms with Gasteiger partial charge in [0.1, 0.15) is 5.75 Å². The number of rotatable bonds is 6. The molecule has 0 atom stereocenters. The van der Waals surface area contributed by atoms with Crippen molar-refractivity contribution in [2.45, 2.75) is 26.7 Å². The van der Waals surface area contributed by atoms with Crippen LogP contribution in [-0.2, 0) is 0 Å². The Labute approximate surface area is 91.7 Å². The Bertz CT molecular complexity index is 272. The van der Waals surface area contributed by atoms with Crippen LogP contribution in [0.4, 0.5) is 0 Å². The third-order valence-electron chi connectivity index (χ3n) is 2.32. The highest BCUT2D eigenvalue weighted by Gasteiger charge is 2.17. The summed E-state index contributed by atoms with van der Waals surface area (Å²) in [7, 11) is 0. The van der Waals surface area contributed by atoms with Crippen molar-refractivity contribution in [2.75, 3.05) is 13.2 Å². The average Bonchev–Trinajstić information content (AvgIpc) is 2.25. The quantitative estimate of drug-likeness (QED) is 0.779. The lowest BCUT2D eigenvalue weighted by Crippen LogP contribution is -2.22. The fourth-order valence-corrected chi connectivity index (χ4v) is 1.36. The van der Waals surface area contributed by atoms with Gasteiger partial charge in [-0.15, -0.1) is 0 Å². The lowest BCUT2D eigenvalue weighted by molar-refractivity contribution is 0.167. The number of hydrogen-bond donors (Lipinski definition) is 1. The first kappa shape index (κ1) is 12.0. The number of ether oxygens (including phenoxy) is 1. The number of aromatic nitrogens is 1. The summed E-state index contributed by atoms with van der Waals surface area (Å²) in [5.41, 5.74) is 5.67. The molecule has 0 radical (unpaired) electrons. The predicted octanol–water partition coefficient (Wildman–Crippen LogP) is 2.23. The molecule has 0 amide bonds. The molecule has 0 saturated heterocycles. The second-order valence-electron chi connectivity index (χ2n) is 4.53. The molecule has 3 nitrogen and oxygen atoms in total. The standard InChI is InChI=1S/C12H20N2O/c1-12(2,6-4-7-13)10-15-11-5-3-8-14-9-11/h3,5,8-9H,4,6-7,10,13H2,1-2H3. The number of hydrogen-bond acceptors (Lipinski definition) is 3. The number of pyridine rings is 1.